The first-order chi connectivity index (χ1) is 9.72. The van der Waals surface area contributed by atoms with Crippen LogP contribution in [0.15, 0.2) is 34.9 Å². The Hall–Kier alpha value is -1.62. The average Bonchev–Trinajstić information content (AvgIpc) is 2.45. The van der Waals surface area contributed by atoms with Gasteiger partial charge in [0.05, 0.1) is 7.11 Å². The monoisotopic (exact) mass is 335 g/mol. The van der Waals surface area contributed by atoms with Crippen LogP contribution in [0.2, 0.25) is 0 Å². The van der Waals surface area contributed by atoms with Crippen molar-refractivity contribution in [1.29, 1.82) is 0 Å². The number of rotatable bonds is 6. The standard InChI is InChI=1S/C15H18BrN3O/c1-3-6-14-18-13(16)9-15(19-14)17-10-11-7-4-5-8-12(11)20-2/h4-5,7-9H,3,6,10H2,1-2H3,(H,17,18,19). The highest BCUT2D eigenvalue weighted by molar-refractivity contribution is 9.10. The molecule has 0 amide bonds. The van der Waals surface area contributed by atoms with Gasteiger partial charge in [0.25, 0.3) is 0 Å². The number of nitrogens with zero attached hydrogens (tertiary/aromatic N) is 2. The summed E-state index contributed by atoms with van der Waals surface area (Å²) in [5, 5.41) is 3.31. The van der Waals surface area contributed by atoms with Crippen molar-refractivity contribution in [2.45, 2.75) is 26.3 Å². The molecule has 2 rings (SSSR count). The zero-order valence-electron chi connectivity index (χ0n) is 11.7. The Morgan fingerprint density at radius 1 is 1.25 bits per heavy atom. The first kappa shape index (κ1) is 14.8. The number of halogens is 1. The highest BCUT2D eigenvalue weighted by Gasteiger charge is 2.05. The van der Waals surface area contributed by atoms with E-state index in [1.165, 1.54) is 0 Å². The van der Waals surface area contributed by atoms with E-state index in [1.54, 1.807) is 7.11 Å². The number of aromatic nitrogens is 2. The zero-order chi connectivity index (χ0) is 14.4. The molecule has 1 heterocycles. The van der Waals surface area contributed by atoms with E-state index in [0.717, 1.165) is 40.4 Å². The van der Waals surface area contributed by atoms with Gasteiger partial charge < -0.3 is 10.1 Å². The van der Waals surface area contributed by atoms with Crippen molar-refractivity contribution in [2.24, 2.45) is 0 Å². The van der Waals surface area contributed by atoms with E-state index >= 15 is 0 Å². The predicted molar refractivity (Wildman–Crippen MR) is 84.0 cm³/mol. The second-order valence-corrected chi connectivity index (χ2v) is 5.22. The summed E-state index contributed by atoms with van der Waals surface area (Å²) >= 11 is 3.42. The Labute approximate surface area is 127 Å². The van der Waals surface area contributed by atoms with Crippen LogP contribution in [0.4, 0.5) is 5.82 Å². The Balaban J connectivity index is 2.10. The Bertz CT molecular complexity index is 575. The first-order valence-electron chi connectivity index (χ1n) is 6.62. The number of hydrogen-bond donors (Lipinski definition) is 1. The molecule has 20 heavy (non-hydrogen) atoms. The number of para-hydroxylation sites is 1. The molecule has 0 aliphatic rings. The van der Waals surface area contributed by atoms with Gasteiger partial charge in [-0.05, 0) is 28.4 Å². The minimum atomic E-state index is 0.666. The maximum absolute atomic E-state index is 5.34. The molecule has 1 aromatic carbocycles. The summed E-state index contributed by atoms with van der Waals surface area (Å²) in [6, 6.07) is 9.83. The van der Waals surface area contributed by atoms with Crippen LogP contribution in [0.25, 0.3) is 0 Å². The Kier molecular flexibility index (Phi) is 5.35. The second kappa shape index (κ2) is 7.24. The van der Waals surface area contributed by atoms with E-state index in [0.29, 0.717) is 6.54 Å². The van der Waals surface area contributed by atoms with E-state index in [2.05, 4.69) is 38.1 Å². The van der Waals surface area contributed by atoms with E-state index in [4.69, 9.17) is 4.74 Å². The third kappa shape index (κ3) is 3.93. The number of methoxy groups -OCH3 is 1. The van der Waals surface area contributed by atoms with Gasteiger partial charge in [0.1, 0.15) is 22.0 Å². The van der Waals surface area contributed by atoms with Crippen molar-refractivity contribution in [1.82, 2.24) is 9.97 Å². The molecule has 0 bridgehead atoms. The van der Waals surface area contributed by atoms with Crippen molar-refractivity contribution in [2.75, 3.05) is 12.4 Å². The zero-order valence-corrected chi connectivity index (χ0v) is 13.3. The van der Waals surface area contributed by atoms with Crippen LogP contribution in [0.3, 0.4) is 0 Å². The highest BCUT2D eigenvalue weighted by Crippen LogP contribution is 2.19. The first-order valence-corrected chi connectivity index (χ1v) is 7.41. The minimum Gasteiger partial charge on any atom is -0.496 e. The summed E-state index contributed by atoms with van der Waals surface area (Å²) in [4.78, 5) is 8.85. The number of benzene rings is 1. The van der Waals surface area contributed by atoms with Gasteiger partial charge in [-0.25, -0.2) is 9.97 Å². The van der Waals surface area contributed by atoms with Crippen molar-refractivity contribution >= 4 is 21.7 Å². The van der Waals surface area contributed by atoms with Crippen LogP contribution in [0.1, 0.15) is 24.7 Å². The van der Waals surface area contributed by atoms with Gasteiger partial charge in [-0.3, -0.25) is 0 Å². The van der Waals surface area contributed by atoms with Gasteiger partial charge in [-0.2, -0.15) is 0 Å². The maximum Gasteiger partial charge on any atom is 0.132 e. The molecular formula is C15H18BrN3O. The topological polar surface area (TPSA) is 47.0 Å². The fraction of sp³-hybridized carbons (Fsp3) is 0.333. The van der Waals surface area contributed by atoms with Crippen LogP contribution in [0, 0.1) is 0 Å². The van der Waals surface area contributed by atoms with Crippen molar-refractivity contribution in [3.8, 4) is 5.75 Å². The van der Waals surface area contributed by atoms with E-state index < -0.39 is 0 Å². The molecule has 5 heteroatoms. The fourth-order valence-electron chi connectivity index (χ4n) is 1.93. The van der Waals surface area contributed by atoms with Gasteiger partial charge in [-0.15, -0.1) is 0 Å². The van der Waals surface area contributed by atoms with E-state index in [9.17, 15) is 0 Å². The molecule has 0 saturated heterocycles. The molecule has 106 valence electrons. The minimum absolute atomic E-state index is 0.666. The third-order valence-corrected chi connectivity index (χ3v) is 3.27. The van der Waals surface area contributed by atoms with Crippen LogP contribution in [0.5, 0.6) is 5.75 Å². The maximum atomic E-state index is 5.34. The predicted octanol–water partition coefficient (Wildman–Crippen LogP) is 3.81. The van der Waals surface area contributed by atoms with Gasteiger partial charge >= 0.3 is 0 Å². The van der Waals surface area contributed by atoms with Gasteiger partial charge in [0, 0.05) is 24.6 Å². The molecule has 0 unspecified atom stereocenters. The lowest BCUT2D eigenvalue weighted by molar-refractivity contribution is 0.410. The third-order valence-electron chi connectivity index (χ3n) is 2.87. The molecule has 0 spiro atoms. The number of aryl methyl sites for hydroxylation is 1. The number of ether oxygens (including phenoxy) is 1. The quantitative estimate of drug-likeness (QED) is 0.815. The molecule has 0 atom stereocenters. The molecule has 0 radical (unpaired) electrons. The van der Waals surface area contributed by atoms with E-state index in [-0.39, 0.29) is 0 Å². The fourth-order valence-corrected chi connectivity index (χ4v) is 2.35. The number of hydrogen-bond acceptors (Lipinski definition) is 4. The Morgan fingerprint density at radius 3 is 2.80 bits per heavy atom. The van der Waals surface area contributed by atoms with E-state index in [1.807, 2.05) is 30.3 Å². The van der Waals surface area contributed by atoms with Crippen LogP contribution >= 0.6 is 15.9 Å². The van der Waals surface area contributed by atoms with Crippen LogP contribution in [-0.4, -0.2) is 17.1 Å². The normalized spacial score (nSPS) is 10.3. The largest absolute Gasteiger partial charge is 0.496 e. The lowest BCUT2D eigenvalue weighted by Crippen LogP contribution is -2.05. The molecule has 0 fully saturated rings. The summed E-state index contributed by atoms with van der Waals surface area (Å²) in [6.45, 7) is 2.78. The summed E-state index contributed by atoms with van der Waals surface area (Å²) in [5.74, 6) is 2.55. The molecule has 1 N–H and O–H groups in total. The number of anilines is 1. The van der Waals surface area contributed by atoms with Crippen LogP contribution in [-0.2, 0) is 13.0 Å². The number of nitrogens with one attached hydrogen (secondary N) is 1. The molecule has 0 saturated carbocycles. The summed E-state index contributed by atoms with van der Waals surface area (Å²) < 4.78 is 6.14. The second-order valence-electron chi connectivity index (χ2n) is 4.41. The molecule has 4 nitrogen and oxygen atoms in total. The van der Waals surface area contributed by atoms with Crippen molar-refractivity contribution in [3.63, 3.8) is 0 Å². The van der Waals surface area contributed by atoms with Gasteiger partial charge in [0.2, 0.25) is 0 Å². The van der Waals surface area contributed by atoms with Crippen LogP contribution < -0.4 is 10.1 Å². The average molecular weight is 336 g/mol. The molecule has 0 aliphatic heterocycles. The van der Waals surface area contributed by atoms with Gasteiger partial charge in [0.15, 0.2) is 0 Å². The molecule has 1 aromatic heterocycles. The molecular weight excluding hydrogens is 318 g/mol. The lowest BCUT2D eigenvalue weighted by atomic mass is 10.2. The molecule has 0 aliphatic carbocycles. The summed E-state index contributed by atoms with van der Waals surface area (Å²) in [5.41, 5.74) is 1.10. The summed E-state index contributed by atoms with van der Waals surface area (Å²) in [7, 11) is 1.68. The summed E-state index contributed by atoms with van der Waals surface area (Å²) in [6.07, 6.45) is 1.91. The van der Waals surface area contributed by atoms with Gasteiger partial charge in [-0.1, -0.05) is 25.1 Å². The SMILES string of the molecule is CCCc1nc(Br)cc(NCc2ccccc2OC)n1. The smallest absolute Gasteiger partial charge is 0.132 e. The lowest BCUT2D eigenvalue weighted by Gasteiger charge is -2.10. The van der Waals surface area contributed by atoms with Crippen molar-refractivity contribution in [3.05, 3.63) is 46.3 Å². The molecule has 2 aromatic rings. The highest BCUT2D eigenvalue weighted by atomic mass is 79.9. The Morgan fingerprint density at radius 2 is 2.05 bits per heavy atom. The van der Waals surface area contributed by atoms with Crippen molar-refractivity contribution < 1.29 is 4.74 Å².